The van der Waals surface area contributed by atoms with Gasteiger partial charge in [0.05, 0.1) is 12.2 Å². The fraction of sp³-hybridized carbons (Fsp3) is 0.833. The number of esters is 1. The second kappa shape index (κ2) is 9.39. The Bertz CT molecular complexity index is 830. The van der Waals surface area contributed by atoms with Crippen LogP contribution in [0.3, 0.4) is 0 Å². The smallest absolute Gasteiger partial charge is 0.302 e. The van der Waals surface area contributed by atoms with Gasteiger partial charge >= 0.3 is 5.97 Å². The van der Waals surface area contributed by atoms with E-state index in [2.05, 4.69) is 47.3 Å². The number of carbonyl (C=O) groups is 1. The highest BCUT2D eigenvalue weighted by Crippen LogP contribution is 2.67. The van der Waals surface area contributed by atoms with Crippen LogP contribution in [0.1, 0.15) is 92.9 Å². The van der Waals surface area contributed by atoms with E-state index in [9.17, 15) is 15.0 Å². The molecule has 0 spiro atoms. The summed E-state index contributed by atoms with van der Waals surface area (Å²) in [6, 6.07) is 0. The molecule has 4 nitrogen and oxygen atoms in total. The molecular weight excluding hydrogens is 424 g/mol. The molecule has 4 heteroatoms. The van der Waals surface area contributed by atoms with Gasteiger partial charge in [0.2, 0.25) is 0 Å². The van der Waals surface area contributed by atoms with Crippen LogP contribution < -0.4 is 0 Å². The Morgan fingerprint density at radius 1 is 1.24 bits per heavy atom. The highest BCUT2D eigenvalue weighted by Gasteiger charge is 2.64. The molecule has 4 aliphatic rings. The van der Waals surface area contributed by atoms with E-state index in [1.807, 2.05) is 0 Å². The fourth-order valence-corrected chi connectivity index (χ4v) is 8.98. The maximum atomic E-state index is 12.3. The largest absolute Gasteiger partial charge is 0.462 e. The van der Waals surface area contributed by atoms with E-state index >= 15 is 0 Å². The lowest BCUT2D eigenvalue weighted by Gasteiger charge is -2.61. The fourth-order valence-electron chi connectivity index (χ4n) is 8.98. The molecule has 0 radical (unpaired) electrons. The zero-order valence-corrected chi connectivity index (χ0v) is 22.3. The highest BCUT2D eigenvalue weighted by atomic mass is 16.5. The standard InChI is InChI=1S/C30H48O4/c1-17(2)18(3)8-9-19(4)24-12-13-25-23-11-10-21-14-22(32)15-27(33)30(21,7)28(23)26(34-20(5)31)16-29(24,25)6/h10,17,19,22-28,32-33H,3,8-9,11-16H2,1-2,4-7H3/t19-,22-,23+,24-,25+,26-,27+,28-,29-,30-/m1/s1. The summed E-state index contributed by atoms with van der Waals surface area (Å²) in [5, 5.41) is 21.6. The molecule has 0 aromatic rings. The molecule has 34 heavy (non-hydrogen) atoms. The molecule has 0 heterocycles. The molecular formula is C30H48O4. The van der Waals surface area contributed by atoms with Gasteiger partial charge in [-0.3, -0.25) is 4.79 Å². The average molecular weight is 473 g/mol. The van der Waals surface area contributed by atoms with Crippen LogP contribution in [-0.2, 0) is 9.53 Å². The van der Waals surface area contributed by atoms with Gasteiger partial charge in [0, 0.05) is 24.7 Å². The highest BCUT2D eigenvalue weighted by molar-refractivity contribution is 5.66. The molecule has 0 aromatic heterocycles. The number of allylic oxidation sites excluding steroid dienone is 2. The van der Waals surface area contributed by atoms with Crippen LogP contribution >= 0.6 is 0 Å². The third kappa shape index (κ3) is 4.21. The summed E-state index contributed by atoms with van der Waals surface area (Å²) in [7, 11) is 0. The predicted molar refractivity (Wildman–Crippen MR) is 136 cm³/mol. The molecule has 0 aliphatic heterocycles. The van der Waals surface area contributed by atoms with Crippen molar-refractivity contribution in [3.05, 3.63) is 23.8 Å². The number of aliphatic hydroxyl groups excluding tert-OH is 2. The van der Waals surface area contributed by atoms with E-state index in [-0.39, 0.29) is 23.4 Å². The first kappa shape index (κ1) is 25.9. The Morgan fingerprint density at radius 3 is 2.59 bits per heavy atom. The molecule has 0 unspecified atom stereocenters. The van der Waals surface area contributed by atoms with Gasteiger partial charge in [-0.2, -0.15) is 0 Å². The van der Waals surface area contributed by atoms with Crippen molar-refractivity contribution in [2.45, 2.75) is 111 Å². The van der Waals surface area contributed by atoms with Crippen molar-refractivity contribution >= 4 is 5.97 Å². The summed E-state index contributed by atoms with van der Waals surface area (Å²) < 4.78 is 6.13. The van der Waals surface area contributed by atoms with Gasteiger partial charge in [0.15, 0.2) is 0 Å². The summed E-state index contributed by atoms with van der Waals surface area (Å²) in [4.78, 5) is 12.3. The van der Waals surface area contributed by atoms with Crippen molar-refractivity contribution in [1.29, 1.82) is 0 Å². The van der Waals surface area contributed by atoms with Crippen molar-refractivity contribution in [3.63, 3.8) is 0 Å². The Balaban J connectivity index is 1.65. The first-order valence-electron chi connectivity index (χ1n) is 13.8. The van der Waals surface area contributed by atoms with Crippen LogP contribution in [0.25, 0.3) is 0 Å². The summed E-state index contributed by atoms with van der Waals surface area (Å²) in [6.45, 7) is 17.4. The normalized spacial score (nSPS) is 44.5. The SMILES string of the molecule is C=C(CC[C@@H](C)[C@H]1CC[C@H]2[C@@H]3CC=C4C[C@@H](O)C[C@H](O)[C@]4(C)[C@H]3[C@H](OC(C)=O)C[C@]12C)C(C)C. The third-order valence-electron chi connectivity index (χ3n) is 10.9. The van der Waals surface area contributed by atoms with Gasteiger partial charge in [-0.15, -0.1) is 0 Å². The minimum atomic E-state index is -0.601. The summed E-state index contributed by atoms with van der Waals surface area (Å²) in [6.07, 6.45) is 8.69. The van der Waals surface area contributed by atoms with Gasteiger partial charge in [-0.25, -0.2) is 0 Å². The van der Waals surface area contributed by atoms with E-state index in [0.29, 0.717) is 42.4 Å². The number of aliphatic hydroxyl groups is 2. The zero-order valence-electron chi connectivity index (χ0n) is 22.3. The molecule has 0 saturated heterocycles. The van der Waals surface area contributed by atoms with Crippen molar-refractivity contribution < 1.29 is 19.7 Å². The lowest BCUT2D eigenvalue weighted by atomic mass is 9.45. The molecule has 3 fully saturated rings. The molecule has 10 atom stereocenters. The zero-order chi connectivity index (χ0) is 25.0. The number of hydrogen-bond acceptors (Lipinski definition) is 4. The second-order valence-electron chi connectivity index (χ2n) is 13.0. The Labute approximate surface area is 207 Å². The topological polar surface area (TPSA) is 66.8 Å². The Kier molecular flexibility index (Phi) is 7.17. The van der Waals surface area contributed by atoms with Crippen LogP contribution in [-0.4, -0.2) is 34.5 Å². The molecule has 4 rings (SSSR count). The minimum absolute atomic E-state index is 0.117. The second-order valence-corrected chi connectivity index (χ2v) is 13.0. The van der Waals surface area contributed by atoms with Crippen LogP contribution in [0.4, 0.5) is 0 Å². The maximum Gasteiger partial charge on any atom is 0.302 e. The van der Waals surface area contributed by atoms with Crippen molar-refractivity contribution in [1.82, 2.24) is 0 Å². The van der Waals surface area contributed by atoms with Gasteiger partial charge in [-0.1, -0.05) is 58.4 Å². The van der Waals surface area contributed by atoms with E-state index < -0.39 is 17.6 Å². The number of ether oxygens (including phenoxy) is 1. The van der Waals surface area contributed by atoms with Crippen LogP contribution in [0.2, 0.25) is 0 Å². The molecule has 192 valence electrons. The Morgan fingerprint density at radius 2 is 1.94 bits per heavy atom. The summed E-state index contributed by atoms with van der Waals surface area (Å²) in [5.74, 6) is 2.66. The Hall–Kier alpha value is -1.13. The average Bonchev–Trinajstić information content (AvgIpc) is 3.08. The summed E-state index contributed by atoms with van der Waals surface area (Å²) in [5.41, 5.74) is 2.23. The van der Waals surface area contributed by atoms with Gasteiger partial charge in [0.25, 0.3) is 0 Å². The molecule has 0 bridgehead atoms. The van der Waals surface area contributed by atoms with E-state index in [0.717, 1.165) is 19.3 Å². The lowest BCUT2D eigenvalue weighted by Crippen LogP contribution is -2.61. The quantitative estimate of drug-likeness (QED) is 0.364. The van der Waals surface area contributed by atoms with Gasteiger partial charge in [-0.05, 0) is 80.0 Å². The molecule has 0 aromatic carbocycles. The third-order valence-corrected chi connectivity index (χ3v) is 10.9. The number of fused-ring (bicyclic) bond motifs is 5. The first-order valence-corrected chi connectivity index (χ1v) is 13.8. The van der Waals surface area contributed by atoms with Crippen molar-refractivity contribution in [3.8, 4) is 0 Å². The van der Waals surface area contributed by atoms with E-state index in [1.54, 1.807) is 0 Å². The van der Waals surface area contributed by atoms with Crippen molar-refractivity contribution in [2.24, 2.45) is 46.3 Å². The summed E-state index contributed by atoms with van der Waals surface area (Å²) >= 11 is 0. The van der Waals surface area contributed by atoms with E-state index in [4.69, 9.17) is 4.74 Å². The molecule has 3 saturated carbocycles. The molecule has 2 N–H and O–H groups in total. The van der Waals surface area contributed by atoms with Gasteiger partial charge in [0.1, 0.15) is 6.10 Å². The minimum Gasteiger partial charge on any atom is -0.462 e. The molecule has 0 amide bonds. The van der Waals surface area contributed by atoms with Gasteiger partial charge < -0.3 is 14.9 Å². The number of hydrogen-bond donors (Lipinski definition) is 2. The maximum absolute atomic E-state index is 12.3. The monoisotopic (exact) mass is 472 g/mol. The first-order chi connectivity index (χ1) is 15.9. The van der Waals surface area contributed by atoms with Crippen LogP contribution in [0, 0.1) is 46.3 Å². The van der Waals surface area contributed by atoms with E-state index in [1.165, 1.54) is 37.3 Å². The molecule has 4 aliphatic carbocycles. The lowest BCUT2D eigenvalue weighted by molar-refractivity contribution is -0.186. The van der Waals surface area contributed by atoms with Crippen molar-refractivity contribution in [2.75, 3.05) is 0 Å². The van der Waals surface area contributed by atoms with Crippen LogP contribution in [0.15, 0.2) is 23.8 Å². The number of carbonyl (C=O) groups excluding carboxylic acids is 1. The number of rotatable bonds is 6. The predicted octanol–water partition coefficient (Wildman–Crippen LogP) is 6.07. The van der Waals surface area contributed by atoms with Crippen LogP contribution in [0.5, 0.6) is 0 Å².